The highest BCUT2D eigenvalue weighted by Crippen LogP contribution is 2.41. The van der Waals surface area contributed by atoms with E-state index < -0.39 is 0 Å². The molecule has 1 N–H and O–H groups in total. The molecule has 3 unspecified atom stereocenters. The number of ether oxygens (including phenoxy) is 2. The van der Waals surface area contributed by atoms with Crippen molar-refractivity contribution in [2.24, 2.45) is 5.92 Å². The van der Waals surface area contributed by atoms with Gasteiger partial charge >= 0.3 is 0 Å². The predicted octanol–water partition coefficient (Wildman–Crippen LogP) is 3.25. The standard InChI is InChI=1S/C16H23NO2S/c1-3-17-14-9-16(11-6-7-20-10-11)19-15-5-4-12(18-2)8-13(14)15/h4-5,8,11,14,16-17H,3,6-7,9-10H2,1-2H3. The molecule has 2 aliphatic heterocycles. The van der Waals surface area contributed by atoms with E-state index in [1.807, 2.05) is 6.07 Å². The number of rotatable bonds is 4. The highest BCUT2D eigenvalue weighted by atomic mass is 32.2. The van der Waals surface area contributed by atoms with Crippen LogP contribution in [0.4, 0.5) is 0 Å². The lowest BCUT2D eigenvalue weighted by Crippen LogP contribution is -2.37. The van der Waals surface area contributed by atoms with Crippen LogP contribution in [0.25, 0.3) is 0 Å². The fourth-order valence-corrected chi connectivity index (χ4v) is 4.50. The van der Waals surface area contributed by atoms with Crippen molar-refractivity contribution in [2.45, 2.75) is 31.9 Å². The molecule has 4 heteroatoms. The van der Waals surface area contributed by atoms with Crippen molar-refractivity contribution in [3.63, 3.8) is 0 Å². The van der Waals surface area contributed by atoms with Gasteiger partial charge in [-0.25, -0.2) is 0 Å². The summed E-state index contributed by atoms with van der Waals surface area (Å²) in [6, 6.07) is 6.55. The summed E-state index contributed by atoms with van der Waals surface area (Å²) in [7, 11) is 1.71. The number of hydrogen-bond acceptors (Lipinski definition) is 4. The third kappa shape index (κ3) is 2.77. The molecule has 2 heterocycles. The van der Waals surface area contributed by atoms with Gasteiger partial charge in [0, 0.05) is 23.9 Å². The van der Waals surface area contributed by atoms with E-state index in [0.29, 0.717) is 18.1 Å². The van der Waals surface area contributed by atoms with Crippen LogP contribution in [-0.4, -0.2) is 31.3 Å². The molecule has 0 aromatic heterocycles. The molecule has 3 rings (SSSR count). The second-order valence-corrected chi connectivity index (χ2v) is 6.68. The Balaban J connectivity index is 1.85. The summed E-state index contributed by atoms with van der Waals surface area (Å²) < 4.78 is 11.6. The Bertz CT molecular complexity index is 460. The molecule has 1 saturated heterocycles. The average Bonchev–Trinajstić information content (AvgIpc) is 3.01. The summed E-state index contributed by atoms with van der Waals surface area (Å²) in [4.78, 5) is 0. The first-order valence-corrected chi connectivity index (χ1v) is 8.63. The Labute approximate surface area is 125 Å². The minimum atomic E-state index is 0.356. The quantitative estimate of drug-likeness (QED) is 0.923. The molecule has 0 spiro atoms. The number of methoxy groups -OCH3 is 1. The van der Waals surface area contributed by atoms with Crippen LogP contribution in [0.2, 0.25) is 0 Å². The predicted molar refractivity (Wildman–Crippen MR) is 83.9 cm³/mol. The summed E-state index contributed by atoms with van der Waals surface area (Å²) in [5.74, 6) is 5.17. The van der Waals surface area contributed by atoms with Gasteiger partial charge in [-0.05, 0) is 42.7 Å². The largest absolute Gasteiger partial charge is 0.497 e. The molecule has 1 fully saturated rings. The minimum Gasteiger partial charge on any atom is -0.497 e. The summed E-state index contributed by atoms with van der Waals surface area (Å²) in [5, 5.41) is 3.60. The monoisotopic (exact) mass is 293 g/mol. The lowest BCUT2D eigenvalue weighted by atomic mass is 9.89. The molecule has 3 nitrogen and oxygen atoms in total. The van der Waals surface area contributed by atoms with E-state index in [2.05, 4.69) is 36.1 Å². The first kappa shape index (κ1) is 14.1. The van der Waals surface area contributed by atoms with Gasteiger partial charge in [0.15, 0.2) is 0 Å². The van der Waals surface area contributed by atoms with Crippen LogP contribution in [-0.2, 0) is 0 Å². The van der Waals surface area contributed by atoms with E-state index in [-0.39, 0.29) is 0 Å². The van der Waals surface area contributed by atoms with Gasteiger partial charge in [-0.1, -0.05) is 6.92 Å². The zero-order valence-corrected chi connectivity index (χ0v) is 13.0. The van der Waals surface area contributed by atoms with E-state index in [4.69, 9.17) is 9.47 Å². The number of hydrogen-bond donors (Lipinski definition) is 1. The molecule has 0 saturated carbocycles. The van der Waals surface area contributed by atoms with Gasteiger partial charge in [0.2, 0.25) is 0 Å². The van der Waals surface area contributed by atoms with Crippen LogP contribution in [0.5, 0.6) is 11.5 Å². The van der Waals surface area contributed by atoms with Crippen molar-refractivity contribution < 1.29 is 9.47 Å². The van der Waals surface area contributed by atoms with Gasteiger partial charge in [0.25, 0.3) is 0 Å². The van der Waals surface area contributed by atoms with Crippen molar-refractivity contribution in [2.75, 3.05) is 25.2 Å². The van der Waals surface area contributed by atoms with Crippen LogP contribution < -0.4 is 14.8 Å². The fraction of sp³-hybridized carbons (Fsp3) is 0.625. The number of benzene rings is 1. The Hall–Kier alpha value is -0.870. The Morgan fingerprint density at radius 3 is 3.05 bits per heavy atom. The molecule has 0 bridgehead atoms. The number of fused-ring (bicyclic) bond motifs is 1. The third-order valence-corrected chi connectivity index (χ3v) is 5.47. The van der Waals surface area contributed by atoms with Crippen LogP contribution in [0.1, 0.15) is 31.4 Å². The highest BCUT2D eigenvalue weighted by Gasteiger charge is 2.34. The second-order valence-electron chi connectivity index (χ2n) is 5.53. The van der Waals surface area contributed by atoms with Gasteiger partial charge in [-0.15, -0.1) is 0 Å². The topological polar surface area (TPSA) is 30.5 Å². The first-order valence-electron chi connectivity index (χ1n) is 7.47. The maximum atomic E-state index is 6.28. The maximum Gasteiger partial charge on any atom is 0.124 e. The number of thioether (sulfide) groups is 1. The Morgan fingerprint density at radius 2 is 2.35 bits per heavy atom. The van der Waals surface area contributed by atoms with Crippen LogP contribution in [0.3, 0.4) is 0 Å². The van der Waals surface area contributed by atoms with Gasteiger partial charge in [-0.3, -0.25) is 0 Å². The van der Waals surface area contributed by atoms with Crippen LogP contribution in [0, 0.1) is 5.92 Å². The SMILES string of the molecule is CCNC1CC(C2CCSC2)Oc2ccc(OC)cc21. The van der Waals surface area contributed by atoms with Crippen molar-refractivity contribution in [3.05, 3.63) is 23.8 Å². The second kappa shape index (κ2) is 6.27. The molecule has 2 aliphatic rings. The first-order chi connectivity index (χ1) is 9.81. The van der Waals surface area contributed by atoms with E-state index in [9.17, 15) is 0 Å². The third-order valence-electron chi connectivity index (χ3n) is 4.28. The van der Waals surface area contributed by atoms with Gasteiger partial charge < -0.3 is 14.8 Å². The molecule has 1 aromatic rings. The maximum absolute atomic E-state index is 6.28. The molecular weight excluding hydrogens is 270 g/mol. The lowest BCUT2D eigenvalue weighted by molar-refractivity contribution is 0.103. The molecule has 3 atom stereocenters. The van der Waals surface area contributed by atoms with E-state index in [1.54, 1.807) is 7.11 Å². The minimum absolute atomic E-state index is 0.356. The Kier molecular flexibility index (Phi) is 4.41. The van der Waals surface area contributed by atoms with Crippen molar-refractivity contribution in [1.29, 1.82) is 0 Å². The lowest BCUT2D eigenvalue weighted by Gasteiger charge is -2.35. The van der Waals surface area contributed by atoms with Crippen molar-refractivity contribution in [3.8, 4) is 11.5 Å². The van der Waals surface area contributed by atoms with Crippen molar-refractivity contribution in [1.82, 2.24) is 5.32 Å². The molecule has 20 heavy (non-hydrogen) atoms. The zero-order valence-electron chi connectivity index (χ0n) is 12.2. The van der Waals surface area contributed by atoms with E-state index >= 15 is 0 Å². The van der Waals surface area contributed by atoms with Gasteiger partial charge in [0.05, 0.1) is 7.11 Å². The molecular formula is C16H23NO2S. The Morgan fingerprint density at radius 1 is 1.45 bits per heavy atom. The van der Waals surface area contributed by atoms with Crippen LogP contribution in [0.15, 0.2) is 18.2 Å². The summed E-state index contributed by atoms with van der Waals surface area (Å²) in [6.07, 6.45) is 2.72. The van der Waals surface area contributed by atoms with Crippen molar-refractivity contribution >= 4 is 11.8 Å². The molecule has 110 valence electrons. The molecule has 0 amide bonds. The van der Waals surface area contributed by atoms with E-state index in [0.717, 1.165) is 24.5 Å². The summed E-state index contributed by atoms with van der Waals surface area (Å²) >= 11 is 2.06. The normalized spacial score (nSPS) is 28.8. The zero-order chi connectivity index (χ0) is 13.9. The fourth-order valence-electron chi connectivity index (χ4n) is 3.18. The molecule has 1 aromatic carbocycles. The summed E-state index contributed by atoms with van der Waals surface area (Å²) in [6.45, 7) is 3.14. The highest BCUT2D eigenvalue weighted by molar-refractivity contribution is 7.99. The number of nitrogens with one attached hydrogen (secondary N) is 1. The summed E-state index contributed by atoms with van der Waals surface area (Å²) in [5.41, 5.74) is 1.24. The molecule has 0 radical (unpaired) electrons. The smallest absolute Gasteiger partial charge is 0.124 e. The van der Waals surface area contributed by atoms with Gasteiger partial charge in [-0.2, -0.15) is 11.8 Å². The molecule has 0 aliphatic carbocycles. The average molecular weight is 293 g/mol. The van der Waals surface area contributed by atoms with Gasteiger partial charge in [0.1, 0.15) is 17.6 Å². The van der Waals surface area contributed by atoms with Crippen LogP contribution >= 0.6 is 11.8 Å². The van der Waals surface area contributed by atoms with E-state index in [1.165, 1.54) is 23.5 Å².